The molecule has 1 aliphatic carbocycles. The molecule has 3 rings (SSSR count). The van der Waals surface area contributed by atoms with E-state index in [4.69, 9.17) is 0 Å². The van der Waals surface area contributed by atoms with Crippen LogP contribution in [-0.4, -0.2) is 25.7 Å². The van der Waals surface area contributed by atoms with Crippen molar-refractivity contribution < 1.29 is 4.79 Å². The molecule has 114 valence electrons. The van der Waals surface area contributed by atoms with Crippen LogP contribution in [0.3, 0.4) is 0 Å². The van der Waals surface area contributed by atoms with Crippen molar-refractivity contribution in [3.8, 4) is 0 Å². The van der Waals surface area contributed by atoms with Gasteiger partial charge >= 0.3 is 6.03 Å². The van der Waals surface area contributed by atoms with Gasteiger partial charge in [0.05, 0.1) is 0 Å². The minimum Gasteiger partial charge on any atom is -0.385 e. The molecule has 4 nitrogen and oxygen atoms in total. The fourth-order valence-corrected chi connectivity index (χ4v) is 3.48. The Morgan fingerprint density at radius 1 is 1.29 bits per heavy atom. The molecule has 4 heteroatoms. The number of rotatable bonds is 4. The summed E-state index contributed by atoms with van der Waals surface area (Å²) in [6.07, 6.45) is 5.46. The summed E-state index contributed by atoms with van der Waals surface area (Å²) < 4.78 is 0. The zero-order valence-corrected chi connectivity index (χ0v) is 12.8. The van der Waals surface area contributed by atoms with E-state index in [2.05, 4.69) is 29.7 Å². The van der Waals surface area contributed by atoms with Gasteiger partial charge in [0, 0.05) is 31.0 Å². The third kappa shape index (κ3) is 3.49. The first kappa shape index (κ1) is 14.2. The average Bonchev–Trinajstić information content (AvgIpc) is 2.92. The van der Waals surface area contributed by atoms with Crippen LogP contribution in [0.1, 0.15) is 32.6 Å². The van der Waals surface area contributed by atoms with E-state index in [9.17, 15) is 4.79 Å². The van der Waals surface area contributed by atoms with E-state index in [1.54, 1.807) is 4.90 Å². The summed E-state index contributed by atoms with van der Waals surface area (Å²) in [6.45, 7) is 4.92. The molecular weight excluding hydrogens is 262 g/mol. The van der Waals surface area contributed by atoms with Crippen LogP contribution in [0.5, 0.6) is 0 Å². The van der Waals surface area contributed by atoms with Crippen LogP contribution >= 0.6 is 0 Å². The molecule has 2 N–H and O–H groups in total. The minimum atomic E-state index is 0.00639. The van der Waals surface area contributed by atoms with Gasteiger partial charge in [-0.1, -0.05) is 19.8 Å². The summed E-state index contributed by atoms with van der Waals surface area (Å²) in [5.41, 5.74) is 2.12. The first-order chi connectivity index (χ1) is 10.2. The summed E-state index contributed by atoms with van der Waals surface area (Å²) in [4.78, 5) is 13.4. The Kier molecular flexibility index (Phi) is 4.32. The number of anilines is 2. The Morgan fingerprint density at radius 2 is 2.10 bits per heavy atom. The number of hydrogen-bond donors (Lipinski definition) is 2. The zero-order valence-electron chi connectivity index (χ0n) is 12.8. The van der Waals surface area contributed by atoms with Crippen LogP contribution in [0.15, 0.2) is 24.3 Å². The number of amides is 2. The SMILES string of the molecule is CC1CCCC(CNc2ccc(N3CCNC3=O)cc2)C1. The van der Waals surface area contributed by atoms with Crippen molar-refractivity contribution in [3.63, 3.8) is 0 Å². The van der Waals surface area contributed by atoms with Gasteiger partial charge in [-0.25, -0.2) is 4.79 Å². The van der Waals surface area contributed by atoms with E-state index in [1.165, 1.54) is 25.7 Å². The predicted octanol–water partition coefficient (Wildman–Crippen LogP) is 3.45. The molecule has 0 spiro atoms. The van der Waals surface area contributed by atoms with Crippen molar-refractivity contribution in [3.05, 3.63) is 24.3 Å². The fraction of sp³-hybridized carbons (Fsp3) is 0.588. The second-order valence-electron chi connectivity index (χ2n) is 6.45. The number of carbonyl (C=O) groups is 1. The Hall–Kier alpha value is -1.71. The van der Waals surface area contributed by atoms with Crippen LogP contribution in [0.25, 0.3) is 0 Å². The molecule has 0 radical (unpaired) electrons. The van der Waals surface area contributed by atoms with E-state index in [1.807, 2.05) is 12.1 Å². The lowest BCUT2D eigenvalue weighted by Gasteiger charge is -2.27. The van der Waals surface area contributed by atoms with E-state index in [-0.39, 0.29) is 6.03 Å². The Balaban J connectivity index is 1.53. The largest absolute Gasteiger partial charge is 0.385 e. The molecule has 1 aliphatic heterocycles. The summed E-state index contributed by atoms with van der Waals surface area (Å²) in [5.74, 6) is 1.68. The zero-order chi connectivity index (χ0) is 14.7. The van der Waals surface area contributed by atoms with Crippen molar-refractivity contribution in [2.75, 3.05) is 29.9 Å². The Morgan fingerprint density at radius 3 is 2.76 bits per heavy atom. The second kappa shape index (κ2) is 6.37. The third-order valence-electron chi connectivity index (χ3n) is 4.68. The maximum Gasteiger partial charge on any atom is 0.321 e. The summed E-state index contributed by atoms with van der Waals surface area (Å²) in [7, 11) is 0. The van der Waals surface area contributed by atoms with Gasteiger partial charge in [0.2, 0.25) is 0 Å². The molecule has 1 heterocycles. The Labute approximate surface area is 126 Å². The molecule has 2 amide bonds. The second-order valence-corrected chi connectivity index (χ2v) is 6.45. The van der Waals surface area contributed by atoms with Crippen molar-refractivity contribution >= 4 is 17.4 Å². The number of benzene rings is 1. The first-order valence-corrected chi connectivity index (χ1v) is 8.11. The van der Waals surface area contributed by atoms with E-state index < -0.39 is 0 Å². The fourth-order valence-electron chi connectivity index (χ4n) is 3.48. The topological polar surface area (TPSA) is 44.4 Å². The molecule has 21 heavy (non-hydrogen) atoms. The van der Waals surface area contributed by atoms with Crippen molar-refractivity contribution in [2.24, 2.45) is 11.8 Å². The quantitative estimate of drug-likeness (QED) is 0.891. The van der Waals surface area contributed by atoms with Crippen LogP contribution < -0.4 is 15.5 Å². The number of urea groups is 1. The van der Waals surface area contributed by atoms with E-state index in [0.29, 0.717) is 0 Å². The van der Waals surface area contributed by atoms with E-state index >= 15 is 0 Å². The highest BCUT2D eigenvalue weighted by molar-refractivity contribution is 5.94. The van der Waals surface area contributed by atoms with Gasteiger partial charge in [-0.15, -0.1) is 0 Å². The minimum absolute atomic E-state index is 0.00639. The highest BCUT2D eigenvalue weighted by atomic mass is 16.2. The highest BCUT2D eigenvalue weighted by Crippen LogP contribution is 2.29. The molecule has 2 fully saturated rings. The maximum atomic E-state index is 11.6. The molecule has 2 atom stereocenters. The molecular formula is C17H25N3O. The summed E-state index contributed by atoms with van der Waals surface area (Å²) in [5, 5.41) is 6.37. The number of hydrogen-bond acceptors (Lipinski definition) is 2. The molecule has 1 saturated carbocycles. The molecule has 0 bridgehead atoms. The van der Waals surface area contributed by atoms with Gasteiger partial charge in [-0.2, -0.15) is 0 Å². The van der Waals surface area contributed by atoms with Crippen molar-refractivity contribution in [2.45, 2.75) is 32.6 Å². The van der Waals surface area contributed by atoms with Crippen LogP contribution in [0.4, 0.5) is 16.2 Å². The highest BCUT2D eigenvalue weighted by Gasteiger charge is 2.21. The first-order valence-electron chi connectivity index (χ1n) is 8.11. The van der Waals surface area contributed by atoms with Crippen LogP contribution in [0.2, 0.25) is 0 Å². The van der Waals surface area contributed by atoms with Gasteiger partial charge < -0.3 is 10.6 Å². The molecule has 1 aromatic rings. The smallest absolute Gasteiger partial charge is 0.321 e. The predicted molar refractivity (Wildman–Crippen MR) is 86.8 cm³/mol. The standard InChI is InChI=1S/C17H25N3O/c1-13-3-2-4-14(11-13)12-19-15-5-7-16(8-6-15)20-10-9-18-17(20)21/h5-8,13-14,19H,2-4,9-12H2,1H3,(H,18,21). The number of nitrogens with zero attached hydrogens (tertiary/aromatic N) is 1. The lowest BCUT2D eigenvalue weighted by Crippen LogP contribution is -2.27. The monoisotopic (exact) mass is 287 g/mol. The number of nitrogens with one attached hydrogen (secondary N) is 2. The lowest BCUT2D eigenvalue weighted by atomic mass is 9.82. The van der Waals surface area contributed by atoms with Gasteiger partial charge in [-0.3, -0.25) is 4.90 Å². The number of carbonyl (C=O) groups excluding carboxylic acids is 1. The van der Waals surface area contributed by atoms with Crippen molar-refractivity contribution in [1.82, 2.24) is 5.32 Å². The van der Waals surface area contributed by atoms with Gasteiger partial charge in [0.25, 0.3) is 0 Å². The summed E-state index contributed by atoms with van der Waals surface area (Å²) in [6, 6.07) is 8.21. The van der Waals surface area contributed by atoms with E-state index in [0.717, 1.165) is 42.8 Å². The van der Waals surface area contributed by atoms with Gasteiger partial charge in [0.15, 0.2) is 0 Å². The van der Waals surface area contributed by atoms with Crippen molar-refractivity contribution in [1.29, 1.82) is 0 Å². The average molecular weight is 287 g/mol. The Bertz CT molecular complexity index is 485. The molecule has 0 aromatic heterocycles. The third-order valence-corrected chi connectivity index (χ3v) is 4.68. The normalized spacial score (nSPS) is 25.8. The van der Waals surface area contributed by atoms with Crippen LogP contribution in [-0.2, 0) is 0 Å². The van der Waals surface area contributed by atoms with Gasteiger partial charge in [-0.05, 0) is 48.9 Å². The molecule has 1 saturated heterocycles. The lowest BCUT2D eigenvalue weighted by molar-refractivity contribution is 0.252. The maximum absolute atomic E-state index is 11.6. The summed E-state index contributed by atoms with van der Waals surface area (Å²) >= 11 is 0. The molecule has 1 aromatic carbocycles. The molecule has 2 aliphatic rings. The van der Waals surface area contributed by atoms with Crippen LogP contribution in [0, 0.1) is 11.8 Å². The molecule has 2 unspecified atom stereocenters. The van der Waals surface area contributed by atoms with Gasteiger partial charge in [0.1, 0.15) is 0 Å².